The van der Waals surface area contributed by atoms with Gasteiger partial charge in [0.2, 0.25) is 0 Å². The van der Waals surface area contributed by atoms with Crippen LogP contribution in [0, 0.1) is 0 Å². The van der Waals surface area contributed by atoms with Crippen molar-refractivity contribution in [2.24, 2.45) is 5.73 Å². The molecule has 0 heterocycles. The molecule has 0 spiro atoms. The summed E-state index contributed by atoms with van der Waals surface area (Å²) < 4.78 is 0. The fourth-order valence-electron chi connectivity index (χ4n) is 0.761. The molecule has 0 aromatic heterocycles. The molecule has 0 rings (SSSR count). The summed E-state index contributed by atoms with van der Waals surface area (Å²) in [4.78, 5) is 2.92. The van der Waals surface area contributed by atoms with Crippen LogP contribution in [0.1, 0.15) is 26.7 Å². The molecule has 0 aliphatic carbocycles. The molecule has 0 aromatic rings. The summed E-state index contributed by atoms with van der Waals surface area (Å²) in [6.07, 6.45) is 1.94. The first-order chi connectivity index (χ1) is 5.04. The molecule has 0 saturated carbocycles. The Kier molecular flexibility index (Phi) is 5.42. The first kappa shape index (κ1) is 10.8. The molecule has 66 valence electrons. The van der Waals surface area contributed by atoms with Crippen LogP contribution in [0.25, 0.3) is 0 Å². The number of nitrogens with two attached hydrogens (primary N) is 1. The molecule has 0 aromatic carbocycles. The average Bonchev–Trinajstić information content (AvgIpc) is 1.86. The van der Waals surface area contributed by atoms with Crippen LogP contribution in [0.4, 0.5) is 0 Å². The molecule has 0 amide bonds. The van der Waals surface area contributed by atoms with Gasteiger partial charge in [0, 0.05) is 6.04 Å². The van der Waals surface area contributed by atoms with Gasteiger partial charge in [-0.3, -0.25) is 0 Å². The molecule has 2 N–H and O–H groups in total. The maximum Gasteiger partial charge on any atom is 0.0727 e. The van der Waals surface area contributed by atoms with E-state index in [2.05, 4.69) is 25.8 Å². The van der Waals surface area contributed by atoms with E-state index in [4.69, 9.17) is 18.0 Å². The zero-order chi connectivity index (χ0) is 8.85. The van der Waals surface area contributed by atoms with E-state index in [9.17, 15) is 0 Å². The number of hydrogen-bond acceptors (Lipinski definition) is 2. The predicted molar refractivity (Wildman–Crippen MR) is 53.8 cm³/mol. The summed E-state index contributed by atoms with van der Waals surface area (Å²) in [5.41, 5.74) is 5.37. The molecular formula is C8H18N2S. The van der Waals surface area contributed by atoms with Crippen molar-refractivity contribution in [1.82, 2.24) is 4.90 Å². The zero-order valence-corrected chi connectivity index (χ0v) is 8.45. The summed E-state index contributed by atoms with van der Waals surface area (Å²) in [5.74, 6) is 0. The molecule has 11 heavy (non-hydrogen) atoms. The van der Waals surface area contributed by atoms with Crippen LogP contribution in [0.3, 0.4) is 0 Å². The third kappa shape index (κ3) is 6.26. The molecule has 3 heteroatoms. The van der Waals surface area contributed by atoms with Gasteiger partial charge in [0.25, 0.3) is 0 Å². The van der Waals surface area contributed by atoms with Crippen LogP contribution in [-0.2, 0) is 0 Å². The summed E-state index contributed by atoms with van der Waals surface area (Å²) in [5, 5.41) is 0. The quantitative estimate of drug-likeness (QED) is 0.639. The predicted octanol–water partition coefficient (Wildman–Crippen LogP) is 1.39. The highest BCUT2D eigenvalue weighted by Crippen LogP contribution is 1.97. The second-order valence-corrected chi connectivity index (χ2v) is 3.67. The van der Waals surface area contributed by atoms with Gasteiger partial charge in [-0.15, -0.1) is 0 Å². The lowest BCUT2D eigenvalue weighted by molar-refractivity contribution is 0.272. The Balaban J connectivity index is 3.31. The van der Waals surface area contributed by atoms with Gasteiger partial charge in [-0.1, -0.05) is 12.2 Å². The van der Waals surface area contributed by atoms with E-state index in [1.807, 2.05) is 0 Å². The van der Waals surface area contributed by atoms with Crippen molar-refractivity contribution in [2.45, 2.75) is 32.7 Å². The molecule has 0 fully saturated rings. The minimum Gasteiger partial charge on any atom is -0.393 e. The van der Waals surface area contributed by atoms with E-state index in [0.29, 0.717) is 11.0 Å². The smallest absolute Gasteiger partial charge is 0.0727 e. The topological polar surface area (TPSA) is 29.3 Å². The number of hydrogen-bond donors (Lipinski definition) is 1. The maximum atomic E-state index is 5.37. The fourth-order valence-corrected chi connectivity index (χ4v) is 0.905. The van der Waals surface area contributed by atoms with Crippen LogP contribution in [0.5, 0.6) is 0 Å². The van der Waals surface area contributed by atoms with E-state index in [-0.39, 0.29) is 0 Å². The Hall–Kier alpha value is -0.150. The lowest BCUT2D eigenvalue weighted by atomic mass is 10.2. The minimum atomic E-state index is 0.612. The van der Waals surface area contributed by atoms with Gasteiger partial charge in [0.15, 0.2) is 0 Å². The highest BCUT2D eigenvalue weighted by molar-refractivity contribution is 7.80. The molecule has 0 unspecified atom stereocenters. The lowest BCUT2D eigenvalue weighted by Crippen LogP contribution is -2.27. The number of nitrogens with zero attached hydrogens (tertiary/aromatic N) is 1. The van der Waals surface area contributed by atoms with E-state index in [1.54, 1.807) is 0 Å². The second-order valence-electron chi connectivity index (χ2n) is 3.14. The van der Waals surface area contributed by atoms with E-state index in [1.165, 1.54) is 0 Å². The fraction of sp³-hybridized carbons (Fsp3) is 0.875. The van der Waals surface area contributed by atoms with Gasteiger partial charge in [-0.25, -0.2) is 0 Å². The van der Waals surface area contributed by atoms with Crippen LogP contribution in [-0.4, -0.2) is 29.5 Å². The van der Waals surface area contributed by atoms with Gasteiger partial charge in [0.1, 0.15) is 0 Å². The van der Waals surface area contributed by atoms with Crippen molar-refractivity contribution >= 4 is 17.2 Å². The van der Waals surface area contributed by atoms with Crippen molar-refractivity contribution < 1.29 is 0 Å². The van der Waals surface area contributed by atoms with Gasteiger partial charge in [0.05, 0.1) is 4.99 Å². The first-order valence-corrected chi connectivity index (χ1v) is 4.43. The zero-order valence-electron chi connectivity index (χ0n) is 7.63. The molecule has 0 bridgehead atoms. The normalized spacial score (nSPS) is 11.0. The van der Waals surface area contributed by atoms with E-state index < -0.39 is 0 Å². The molecular weight excluding hydrogens is 156 g/mol. The third-order valence-corrected chi connectivity index (χ3v) is 2.02. The molecule has 2 nitrogen and oxygen atoms in total. The minimum absolute atomic E-state index is 0.612. The SMILES string of the molecule is CC(C)N(C)CCCC(N)=S. The monoisotopic (exact) mass is 174 g/mol. The van der Waals surface area contributed by atoms with Crippen molar-refractivity contribution in [3.05, 3.63) is 0 Å². The van der Waals surface area contributed by atoms with Gasteiger partial charge >= 0.3 is 0 Å². The van der Waals surface area contributed by atoms with Crippen molar-refractivity contribution in [3.63, 3.8) is 0 Å². The van der Waals surface area contributed by atoms with E-state index in [0.717, 1.165) is 19.4 Å². The van der Waals surface area contributed by atoms with Crippen LogP contribution < -0.4 is 5.73 Å². The molecule has 0 aliphatic heterocycles. The largest absolute Gasteiger partial charge is 0.393 e. The number of thiocarbonyl (C=S) groups is 1. The van der Waals surface area contributed by atoms with Crippen molar-refractivity contribution in [2.75, 3.05) is 13.6 Å². The molecule has 0 atom stereocenters. The van der Waals surface area contributed by atoms with Crippen molar-refractivity contribution in [1.29, 1.82) is 0 Å². The Labute approximate surface area is 74.8 Å². The van der Waals surface area contributed by atoms with Crippen molar-refractivity contribution in [3.8, 4) is 0 Å². The maximum absolute atomic E-state index is 5.37. The highest BCUT2D eigenvalue weighted by atomic mass is 32.1. The summed E-state index contributed by atoms with van der Waals surface area (Å²) in [6, 6.07) is 0.612. The highest BCUT2D eigenvalue weighted by Gasteiger charge is 2.01. The average molecular weight is 174 g/mol. The Morgan fingerprint density at radius 2 is 2.09 bits per heavy atom. The third-order valence-electron chi connectivity index (χ3n) is 1.82. The first-order valence-electron chi connectivity index (χ1n) is 4.02. The van der Waals surface area contributed by atoms with Crippen LogP contribution in [0.15, 0.2) is 0 Å². The summed E-state index contributed by atoms with van der Waals surface area (Å²) >= 11 is 4.77. The Morgan fingerprint density at radius 1 is 1.55 bits per heavy atom. The second kappa shape index (κ2) is 5.49. The van der Waals surface area contributed by atoms with Gasteiger partial charge in [-0.05, 0) is 40.3 Å². The standard InChI is InChI=1S/C8H18N2S/c1-7(2)10(3)6-4-5-8(9)11/h7H,4-6H2,1-3H3,(H2,9,11). The van der Waals surface area contributed by atoms with Crippen LogP contribution >= 0.6 is 12.2 Å². The van der Waals surface area contributed by atoms with E-state index >= 15 is 0 Å². The lowest BCUT2D eigenvalue weighted by Gasteiger charge is -2.20. The summed E-state index contributed by atoms with van der Waals surface area (Å²) in [7, 11) is 2.12. The summed E-state index contributed by atoms with van der Waals surface area (Å²) in [6.45, 7) is 5.44. The Morgan fingerprint density at radius 3 is 2.45 bits per heavy atom. The number of rotatable bonds is 5. The van der Waals surface area contributed by atoms with Crippen LogP contribution in [0.2, 0.25) is 0 Å². The molecule has 0 radical (unpaired) electrons. The van der Waals surface area contributed by atoms with Gasteiger partial charge in [-0.2, -0.15) is 0 Å². The van der Waals surface area contributed by atoms with Gasteiger partial charge < -0.3 is 10.6 Å². The Bertz CT molecular complexity index is 123. The molecule has 0 saturated heterocycles. The molecule has 0 aliphatic rings.